The maximum absolute atomic E-state index is 14.3. The van der Waals surface area contributed by atoms with E-state index in [-0.39, 0.29) is 18.1 Å². The zero-order chi connectivity index (χ0) is 21.7. The SMILES string of the molecule is Cc1cccc(CC(=O)N2CCc3cc(-c4nc(N)c5ccn(C)c5n4)ccc32)c1F. The highest BCUT2D eigenvalue weighted by atomic mass is 19.1. The second-order valence-corrected chi connectivity index (χ2v) is 7.96. The van der Waals surface area contributed by atoms with Crippen molar-refractivity contribution in [2.75, 3.05) is 17.2 Å². The standard InChI is InChI=1S/C24H22FN5O/c1-14-4-3-5-16(21(14)25)13-20(31)30-11-8-15-12-17(6-7-19(15)30)23-27-22(26)18-9-10-29(2)24(18)28-23/h3-7,9-10,12H,8,11,13H2,1-2H3,(H2,26,27,28). The number of fused-ring (bicyclic) bond motifs is 2. The Balaban J connectivity index is 1.44. The molecular formula is C24H22FN5O. The zero-order valence-corrected chi connectivity index (χ0v) is 17.4. The van der Waals surface area contributed by atoms with Crippen molar-refractivity contribution in [2.24, 2.45) is 7.05 Å². The van der Waals surface area contributed by atoms with Crippen LogP contribution < -0.4 is 10.6 Å². The molecule has 0 radical (unpaired) electrons. The van der Waals surface area contributed by atoms with Crippen molar-refractivity contribution in [1.29, 1.82) is 0 Å². The van der Waals surface area contributed by atoms with Crippen molar-refractivity contribution < 1.29 is 9.18 Å². The maximum Gasteiger partial charge on any atom is 0.231 e. The number of benzene rings is 2. The summed E-state index contributed by atoms with van der Waals surface area (Å²) in [4.78, 5) is 23.8. The summed E-state index contributed by atoms with van der Waals surface area (Å²) in [5.41, 5.74) is 10.6. The first-order valence-electron chi connectivity index (χ1n) is 10.2. The highest BCUT2D eigenvalue weighted by molar-refractivity contribution is 5.97. The van der Waals surface area contributed by atoms with E-state index < -0.39 is 0 Å². The Bertz CT molecular complexity index is 1340. The highest BCUT2D eigenvalue weighted by Crippen LogP contribution is 2.33. The van der Waals surface area contributed by atoms with Gasteiger partial charge in [0.2, 0.25) is 5.91 Å². The quantitative estimate of drug-likeness (QED) is 0.552. The first-order chi connectivity index (χ1) is 14.9. The molecule has 4 aromatic rings. The molecule has 0 saturated carbocycles. The molecule has 0 fully saturated rings. The van der Waals surface area contributed by atoms with Gasteiger partial charge in [0.15, 0.2) is 5.82 Å². The first kappa shape index (κ1) is 19.2. The molecule has 5 rings (SSSR count). The molecule has 0 spiro atoms. The molecule has 156 valence electrons. The van der Waals surface area contributed by atoms with Crippen molar-refractivity contribution in [2.45, 2.75) is 19.8 Å². The molecule has 0 bridgehead atoms. The van der Waals surface area contributed by atoms with Gasteiger partial charge in [-0.05, 0) is 54.3 Å². The average Bonchev–Trinajstić information content (AvgIpc) is 3.35. The van der Waals surface area contributed by atoms with Gasteiger partial charge in [0, 0.05) is 31.0 Å². The number of amides is 1. The zero-order valence-electron chi connectivity index (χ0n) is 17.4. The third-order valence-corrected chi connectivity index (χ3v) is 5.90. The van der Waals surface area contributed by atoms with Crippen molar-refractivity contribution in [3.8, 4) is 11.4 Å². The Labute approximate surface area is 179 Å². The van der Waals surface area contributed by atoms with E-state index in [2.05, 4.69) is 9.97 Å². The third kappa shape index (κ3) is 3.22. The molecule has 1 aliphatic heterocycles. The number of halogens is 1. The number of aryl methyl sites for hydroxylation is 2. The molecule has 1 amide bonds. The average molecular weight is 415 g/mol. The van der Waals surface area contributed by atoms with E-state index in [4.69, 9.17) is 5.73 Å². The molecule has 2 N–H and O–H groups in total. The highest BCUT2D eigenvalue weighted by Gasteiger charge is 2.26. The minimum absolute atomic E-state index is 0.0402. The van der Waals surface area contributed by atoms with Crippen LogP contribution in [0.3, 0.4) is 0 Å². The van der Waals surface area contributed by atoms with E-state index in [1.54, 1.807) is 30.0 Å². The molecular weight excluding hydrogens is 393 g/mol. The lowest BCUT2D eigenvalue weighted by Gasteiger charge is -2.18. The van der Waals surface area contributed by atoms with Crippen molar-refractivity contribution >= 4 is 28.4 Å². The summed E-state index contributed by atoms with van der Waals surface area (Å²) in [5.74, 6) is 0.581. The predicted octanol–water partition coefficient (Wildman–Crippen LogP) is 3.80. The lowest BCUT2D eigenvalue weighted by Crippen LogP contribution is -2.30. The molecule has 7 heteroatoms. The van der Waals surface area contributed by atoms with E-state index >= 15 is 0 Å². The lowest BCUT2D eigenvalue weighted by molar-refractivity contribution is -0.117. The fraction of sp³-hybridized carbons (Fsp3) is 0.208. The Morgan fingerprint density at radius 3 is 2.87 bits per heavy atom. The van der Waals surface area contributed by atoms with Gasteiger partial charge >= 0.3 is 0 Å². The molecule has 0 aliphatic carbocycles. The number of anilines is 2. The largest absolute Gasteiger partial charge is 0.383 e. The molecule has 0 unspecified atom stereocenters. The van der Waals surface area contributed by atoms with Gasteiger partial charge in [-0.2, -0.15) is 0 Å². The number of carbonyl (C=O) groups excluding carboxylic acids is 1. The summed E-state index contributed by atoms with van der Waals surface area (Å²) >= 11 is 0. The van der Waals surface area contributed by atoms with Crippen molar-refractivity contribution in [1.82, 2.24) is 14.5 Å². The number of rotatable bonds is 3. The van der Waals surface area contributed by atoms with Gasteiger partial charge in [-0.3, -0.25) is 4.79 Å². The van der Waals surface area contributed by atoms with Crippen LogP contribution in [0, 0.1) is 12.7 Å². The first-order valence-corrected chi connectivity index (χ1v) is 10.2. The summed E-state index contributed by atoms with van der Waals surface area (Å²) in [5, 5.41) is 0.826. The molecule has 0 atom stereocenters. The summed E-state index contributed by atoms with van der Waals surface area (Å²) < 4.78 is 16.2. The number of nitrogens with zero attached hydrogens (tertiary/aromatic N) is 4. The Morgan fingerprint density at radius 2 is 2.03 bits per heavy atom. The maximum atomic E-state index is 14.3. The smallest absolute Gasteiger partial charge is 0.231 e. The Kier molecular flexibility index (Phi) is 4.46. The van der Waals surface area contributed by atoms with Gasteiger partial charge in [-0.15, -0.1) is 0 Å². The number of carbonyl (C=O) groups is 1. The monoisotopic (exact) mass is 415 g/mol. The second-order valence-electron chi connectivity index (χ2n) is 7.96. The summed E-state index contributed by atoms with van der Waals surface area (Å²) in [7, 11) is 1.92. The summed E-state index contributed by atoms with van der Waals surface area (Å²) in [6.07, 6.45) is 2.67. The topological polar surface area (TPSA) is 77.0 Å². The number of nitrogen functional groups attached to an aromatic ring is 1. The number of aromatic nitrogens is 3. The molecule has 2 aromatic heterocycles. The Hall–Kier alpha value is -3.74. The molecule has 3 heterocycles. The van der Waals surface area contributed by atoms with E-state index in [1.807, 2.05) is 42.1 Å². The minimum atomic E-state index is -0.309. The van der Waals surface area contributed by atoms with E-state index in [9.17, 15) is 9.18 Å². The van der Waals surface area contributed by atoms with Crippen LogP contribution >= 0.6 is 0 Å². The molecule has 1 aliphatic rings. The van der Waals surface area contributed by atoms with E-state index in [0.717, 1.165) is 34.3 Å². The van der Waals surface area contributed by atoms with Crippen molar-refractivity contribution in [3.05, 3.63) is 71.2 Å². The third-order valence-electron chi connectivity index (χ3n) is 5.90. The fourth-order valence-electron chi connectivity index (χ4n) is 4.19. The van der Waals surface area contributed by atoms with Crippen LogP contribution in [0.2, 0.25) is 0 Å². The molecule has 0 saturated heterocycles. The summed E-state index contributed by atoms with van der Waals surface area (Å²) in [6, 6.07) is 12.9. The number of nitrogens with two attached hydrogens (primary N) is 1. The van der Waals surface area contributed by atoms with Crippen LogP contribution in [0.5, 0.6) is 0 Å². The van der Waals surface area contributed by atoms with Gasteiger partial charge in [0.05, 0.1) is 11.8 Å². The van der Waals surface area contributed by atoms with Gasteiger partial charge in [0.1, 0.15) is 17.3 Å². The predicted molar refractivity (Wildman–Crippen MR) is 119 cm³/mol. The van der Waals surface area contributed by atoms with E-state index in [1.165, 1.54) is 0 Å². The second kappa shape index (κ2) is 7.19. The van der Waals surface area contributed by atoms with E-state index in [0.29, 0.717) is 29.3 Å². The van der Waals surface area contributed by atoms with Crippen LogP contribution in [0.15, 0.2) is 48.7 Å². The van der Waals surface area contributed by atoms with Crippen LogP contribution in [-0.2, 0) is 24.7 Å². The number of hydrogen-bond donors (Lipinski definition) is 1. The molecule has 31 heavy (non-hydrogen) atoms. The van der Waals surface area contributed by atoms with Crippen LogP contribution in [0.25, 0.3) is 22.4 Å². The van der Waals surface area contributed by atoms with Crippen LogP contribution in [-0.4, -0.2) is 27.0 Å². The van der Waals surface area contributed by atoms with Crippen LogP contribution in [0.4, 0.5) is 15.9 Å². The van der Waals surface area contributed by atoms with Crippen molar-refractivity contribution in [3.63, 3.8) is 0 Å². The summed E-state index contributed by atoms with van der Waals surface area (Å²) in [6.45, 7) is 2.28. The minimum Gasteiger partial charge on any atom is -0.383 e. The number of hydrogen-bond acceptors (Lipinski definition) is 4. The van der Waals surface area contributed by atoms with Gasteiger partial charge in [0.25, 0.3) is 0 Å². The molecule has 2 aromatic carbocycles. The van der Waals surface area contributed by atoms with Gasteiger partial charge in [-0.1, -0.05) is 18.2 Å². The normalized spacial score (nSPS) is 13.1. The van der Waals surface area contributed by atoms with Gasteiger partial charge < -0.3 is 15.2 Å². The Morgan fingerprint density at radius 1 is 1.19 bits per heavy atom. The van der Waals surface area contributed by atoms with Crippen LogP contribution in [0.1, 0.15) is 16.7 Å². The van der Waals surface area contributed by atoms with Gasteiger partial charge in [-0.25, -0.2) is 14.4 Å². The fourth-order valence-corrected chi connectivity index (χ4v) is 4.19. The molecule has 6 nitrogen and oxygen atoms in total. The lowest BCUT2D eigenvalue weighted by atomic mass is 10.1.